The number of benzene rings is 1. The number of halogens is 2. The van der Waals surface area contributed by atoms with Gasteiger partial charge in [0.25, 0.3) is 0 Å². The maximum Gasteiger partial charge on any atom is 0.343 e. The van der Waals surface area contributed by atoms with Gasteiger partial charge in [-0.1, -0.05) is 25.3 Å². The number of nitrogens with one attached hydrogen (secondary N) is 1. The van der Waals surface area contributed by atoms with Crippen LogP contribution in [0.3, 0.4) is 0 Å². The summed E-state index contributed by atoms with van der Waals surface area (Å²) in [5.41, 5.74) is 6.78. The molecule has 0 bridgehead atoms. The average molecular weight is 424 g/mol. The second kappa shape index (κ2) is 10.7. The van der Waals surface area contributed by atoms with Gasteiger partial charge in [-0.3, -0.25) is 4.99 Å². The summed E-state index contributed by atoms with van der Waals surface area (Å²) in [5, 5.41) is 2.91. The summed E-state index contributed by atoms with van der Waals surface area (Å²) in [6.45, 7) is 5.37. The number of nitrogens with zero attached hydrogens (tertiary/aromatic N) is 2. The van der Waals surface area contributed by atoms with E-state index in [1.165, 1.54) is 6.20 Å². The molecule has 0 saturated heterocycles. The number of pyridine rings is 1. The normalized spacial score (nSPS) is 11.7. The Morgan fingerprint density at radius 1 is 1.35 bits per heavy atom. The number of anilines is 1. The highest BCUT2D eigenvalue weighted by atomic mass is 19.1. The molecule has 1 aromatic heterocycles. The zero-order valence-corrected chi connectivity index (χ0v) is 17.4. The molecule has 0 saturated carbocycles. The number of carbonyl (C=O) groups excluding carboxylic acids is 1. The fourth-order valence-corrected chi connectivity index (χ4v) is 2.60. The van der Waals surface area contributed by atoms with Crippen LogP contribution in [0.4, 0.5) is 14.6 Å². The molecule has 0 unspecified atom stereocenters. The highest BCUT2D eigenvalue weighted by molar-refractivity contribution is 6.16. The van der Waals surface area contributed by atoms with Crippen molar-refractivity contribution in [2.24, 2.45) is 10.7 Å². The van der Waals surface area contributed by atoms with Gasteiger partial charge in [0.05, 0.1) is 18.4 Å². The Morgan fingerprint density at radius 3 is 2.52 bits per heavy atom. The molecule has 160 valence electrons. The molecule has 6 nitrogen and oxygen atoms in total. The predicted molar refractivity (Wildman–Crippen MR) is 117 cm³/mol. The van der Waals surface area contributed by atoms with Crippen LogP contribution >= 0.6 is 0 Å². The Kier molecular flexibility index (Phi) is 8.03. The van der Waals surface area contributed by atoms with E-state index in [1.807, 2.05) is 6.92 Å². The maximum absolute atomic E-state index is 14.5. The van der Waals surface area contributed by atoms with Gasteiger partial charge in [0, 0.05) is 36.3 Å². The Labute approximate surface area is 179 Å². The molecule has 0 spiro atoms. The van der Waals surface area contributed by atoms with Gasteiger partial charge in [0.15, 0.2) is 0 Å². The number of rotatable bonds is 6. The van der Waals surface area contributed by atoms with Crippen molar-refractivity contribution in [3.63, 3.8) is 0 Å². The van der Waals surface area contributed by atoms with Crippen molar-refractivity contribution >= 4 is 17.5 Å². The molecular weight excluding hydrogens is 402 g/mol. The number of aliphatic imine (C=N–C) groups is 1. The number of allylic oxidation sites excluding steroid dienone is 2. The number of hydrogen-bond acceptors (Lipinski definition) is 6. The standard InChI is InChI=1S/C23H22F2N4O2/c1-5-19(26)16(9-7-14-8-10-20(27-3)29-13-14)22(28-6-2)15-11-17(24)21(18(25)12-15)23(30)31-4/h6,8,10-13H,2,5,26H2,1,3-4H3,(H,27,29)/b19-16-,28-22-. The molecule has 8 heteroatoms. The van der Waals surface area contributed by atoms with Crippen LogP contribution in [-0.4, -0.2) is 30.8 Å². The third-order valence-electron chi connectivity index (χ3n) is 4.22. The molecular formula is C23H22F2N4O2. The van der Waals surface area contributed by atoms with Crippen LogP contribution in [0.1, 0.15) is 34.8 Å². The van der Waals surface area contributed by atoms with E-state index < -0.39 is 23.2 Å². The predicted octanol–water partition coefficient (Wildman–Crippen LogP) is 3.80. The molecule has 0 atom stereocenters. The number of methoxy groups -OCH3 is 1. The number of hydrogen-bond donors (Lipinski definition) is 2. The molecule has 1 heterocycles. The lowest BCUT2D eigenvalue weighted by Gasteiger charge is -2.11. The number of aromatic nitrogens is 1. The molecule has 2 rings (SSSR count). The molecule has 0 aliphatic heterocycles. The molecule has 3 N–H and O–H groups in total. The summed E-state index contributed by atoms with van der Waals surface area (Å²) in [6.07, 6.45) is 3.21. The van der Waals surface area contributed by atoms with Crippen molar-refractivity contribution < 1.29 is 18.3 Å². The van der Waals surface area contributed by atoms with Crippen LogP contribution in [0.15, 0.2) is 59.5 Å². The van der Waals surface area contributed by atoms with E-state index in [4.69, 9.17) is 5.73 Å². The van der Waals surface area contributed by atoms with E-state index in [0.29, 0.717) is 23.5 Å². The fourth-order valence-electron chi connectivity index (χ4n) is 2.60. The van der Waals surface area contributed by atoms with Crippen LogP contribution < -0.4 is 11.1 Å². The topological polar surface area (TPSA) is 89.6 Å². The Hall–Kier alpha value is -3.99. The number of esters is 1. The first-order chi connectivity index (χ1) is 14.9. The van der Waals surface area contributed by atoms with Gasteiger partial charge < -0.3 is 15.8 Å². The lowest BCUT2D eigenvalue weighted by atomic mass is 9.97. The van der Waals surface area contributed by atoms with E-state index >= 15 is 0 Å². The molecule has 0 aliphatic rings. The SMILES string of the molecule is C=C/N=C(\C(C#Cc1ccc(NC)nc1)=C(/N)CC)c1cc(F)c(C(=O)OC)c(F)c1. The first-order valence-electron chi connectivity index (χ1n) is 9.27. The third kappa shape index (κ3) is 5.54. The number of ether oxygens (including phenoxy) is 1. The van der Waals surface area contributed by atoms with Gasteiger partial charge in [0.2, 0.25) is 0 Å². The minimum atomic E-state index is -1.12. The quantitative estimate of drug-likeness (QED) is 0.418. The second-order valence-corrected chi connectivity index (χ2v) is 6.15. The smallest absolute Gasteiger partial charge is 0.343 e. The van der Waals surface area contributed by atoms with Crippen LogP contribution in [0.2, 0.25) is 0 Å². The molecule has 2 aromatic rings. The fraction of sp³-hybridized carbons (Fsp3) is 0.174. The monoisotopic (exact) mass is 424 g/mol. The summed E-state index contributed by atoms with van der Waals surface area (Å²) in [5.74, 6) is 3.24. The summed E-state index contributed by atoms with van der Waals surface area (Å²) in [6, 6.07) is 5.48. The Bertz CT molecular complexity index is 1090. The zero-order chi connectivity index (χ0) is 23.0. The summed E-state index contributed by atoms with van der Waals surface area (Å²) < 4.78 is 33.4. The zero-order valence-electron chi connectivity index (χ0n) is 17.4. The van der Waals surface area contributed by atoms with Crippen molar-refractivity contribution in [2.75, 3.05) is 19.5 Å². The van der Waals surface area contributed by atoms with E-state index in [0.717, 1.165) is 19.2 Å². The lowest BCUT2D eigenvalue weighted by molar-refractivity contribution is 0.0590. The van der Waals surface area contributed by atoms with Crippen LogP contribution in [0.25, 0.3) is 0 Å². The summed E-state index contributed by atoms with van der Waals surface area (Å²) in [4.78, 5) is 20.0. The molecule has 0 aliphatic carbocycles. The number of carbonyl (C=O) groups is 1. The van der Waals surface area contributed by atoms with Crippen LogP contribution in [0, 0.1) is 23.5 Å². The van der Waals surface area contributed by atoms with E-state index in [2.05, 4.69) is 38.4 Å². The van der Waals surface area contributed by atoms with E-state index in [9.17, 15) is 13.6 Å². The van der Waals surface area contributed by atoms with Crippen molar-refractivity contribution in [2.45, 2.75) is 13.3 Å². The van der Waals surface area contributed by atoms with Crippen molar-refractivity contribution in [3.8, 4) is 11.8 Å². The van der Waals surface area contributed by atoms with Gasteiger partial charge >= 0.3 is 5.97 Å². The minimum absolute atomic E-state index is 0.0481. The van der Waals surface area contributed by atoms with E-state index in [-0.39, 0.29) is 16.8 Å². The largest absolute Gasteiger partial charge is 0.465 e. The summed E-state index contributed by atoms with van der Waals surface area (Å²) in [7, 11) is 2.79. The highest BCUT2D eigenvalue weighted by Gasteiger charge is 2.22. The average Bonchev–Trinajstić information content (AvgIpc) is 2.77. The molecule has 0 radical (unpaired) electrons. The second-order valence-electron chi connectivity index (χ2n) is 6.15. The van der Waals surface area contributed by atoms with Crippen molar-refractivity contribution in [3.05, 3.63) is 82.8 Å². The van der Waals surface area contributed by atoms with Gasteiger partial charge in [0.1, 0.15) is 23.0 Å². The van der Waals surface area contributed by atoms with Crippen LogP contribution in [0.5, 0.6) is 0 Å². The molecule has 0 fully saturated rings. The van der Waals surface area contributed by atoms with Gasteiger partial charge in [-0.2, -0.15) is 0 Å². The first kappa shape index (κ1) is 23.3. The summed E-state index contributed by atoms with van der Waals surface area (Å²) >= 11 is 0. The Morgan fingerprint density at radius 2 is 2.03 bits per heavy atom. The van der Waals surface area contributed by atoms with Crippen molar-refractivity contribution in [1.82, 2.24) is 4.98 Å². The molecule has 31 heavy (non-hydrogen) atoms. The van der Waals surface area contributed by atoms with E-state index in [1.54, 1.807) is 25.4 Å². The first-order valence-corrected chi connectivity index (χ1v) is 9.27. The Balaban J connectivity index is 2.61. The minimum Gasteiger partial charge on any atom is -0.465 e. The molecule has 1 aromatic carbocycles. The van der Waals surface area contributed by atoms with Gasteiger partial charge in [-0.15, -0.1) is 0 Å². The van der Waals surface area contributed by atoms with Crippen molar-refractivity contribution in [1.29, 1.82) is 0 Å². The molecule has 0 amide bonds. The van der Waals surface area contributed by atoms with Gasteiger partial charge in [-0.25, -0.2) is 18.6 Å². The maximum atomic E-state index is 14.5. The number of nitrogens with two attached hydrogens (primary N) is 1. The van der Waals surface area contributed by atoms with Crippen LogP contribution in [-0.2, 0) is 4.74 Å². The highest BCUT2D eigenvalue weighted by Crippen LogP contribution is 2.21. The van der Waals surface area contributed by atoms with Gasteiger partial charge in [-0.05, 0) is 30.7 Å². The third-order valence-corrected chi connectivity index (χ3v) is 4.22. The lowest BCUT2D eigenvalue weighted by Crippen LogP contribution is -2.14.